The molecular formula is C6H16N2O3S. The fraction of sp³-hybridized carbons (Fsp3) is 1.00. The first-order valence-corrected chi connectivity index (χ1v) is 5.39. The van der Waals surface area contributed by atoms with Crippen LogP contribution in [0, 0.1) is 0 Å². The van der Waals surface area contributed by atoms with E-state index in [0.717, 1.165) is 19.3 Å². The van der Waals surface area contributed by atoms with Gasteiger partial charge in [0.1, 0.15) is 0 Å². The van der Waals surface area contributed by atoms with Crippen molar-refractivity contribution in [2.75, 3.05) is 20.2 Å². The molecule has 0 spiro atoms. The van der Waals surface area contributed by atoms with E-state index in [2.05, 4.69) is 9.44 Å². The van der Waals surface area contributed by atoms with Crippen LogP contribution in [-0.2, 0) is 10.2 Å². The Morgan fingerprint density at radius 2 is 1.92 bits per heavy atom. The second kappa shape index (κ2) is 6.36. The molecule has 0 aromatic carbocycles. The summed E-state index contributed by atoms with van der Waals surface area (Å²) in [6, 6.07) is 0. The highest BCUT2D eigenvalue weighted by atomic mass is 32.2. The van der Waals surface area contributed by atoms with Crippen LogP contribution in [0.15, 0.2) is 0 Å². The molecular weight excluding hydrogens is 180 g/mol. The first-order valence-electron chi connectivity index (χ1n) is 3.91. The van der Waals surface area contributed by atoms with Crippen molar-refractivity contribution in [3.8, 4) is 0 Å². The number of aliphatic hydroxyl groups excluding tert-OH is 1. The maximum Gasteiger partial charge on any atom is 0.276 e. The molecule has 12 heavy (non-hydrogen) atoms. The van der Waals surface area contributed by atoms with Crippen LogP contribution in [0.3, 0.4) is 0 Å². The fourth-order valence-corrected chi connectivity index (χ4v) is 1.25. The molecule has 0 fully saturated rings. The van der Waals surface area contributed by atoms with Crippen molar-refractivity contribution in [3.63, 3.8) is 0 Å². The maximum absolute atomic E-state index is 10.8. The fourth-order valence-electron chi connectivity index (χ4n) is 0.692. The summed E-state index contributed by atoms with van der Waals surface area (Å²) in [5.74, 6) is 0. The molecule has 0 rings (SSSR count). The Morgan fingerprint density at radius 1 is 1.25 bits per heavy atom. The average Bonchev–Trinajstić information content (AvgIpc) is 2.04. The lowest BCUT2D eigenvalue weighted by atomic mass is 10.2. The largest absolute Gasteiger partial charge is 0.396 e. The number of nitrogens with one attached hydrogen (secondary N) is 2. The Hall–Kier alpha value is -0.170. The van der Waals surface area contributed by atoms with E-state index in [1.165, 1.54) is 7.05 Å². The normalized spacial score (nSPS) is 11.8. The van der Waals surface area contributed by atoms with Gasteiger partial charge in [0.05, 0.1) is 0 Å². The summed E-state index contributed by atoms with van der Waals surface area (Å²) in [4.78, 5) is 0. The van der Waals surface area contributed by atoms with Crippen molar-refractivity contribution in [2.45, 2.75) is 19.3 Å². The predicted octanol–water partition coefficient (Wildman–Crippen LogP) is -0.797. The van der Waals surface area contributed by atoms with Crippen molar-refractivity contribution in [1.82, 2.24) is 9.44 Å². The van der Waals surface area contributed by atoms with Crippen molar-refractivity contribution in [3.05, 3.63) is 0 Å². The van der Waals surface area contributed by atoms with Gasteiger partial charge in [-0.15, -0.1) is 0 Å². The average molecular weight is 196 g/mol. The summed E-state index contributed by atoms with van der Waals surface area (Å²) in [5.41, 5.74) is 0. The van der Waals surface area contributed by atoms with Crippen molar-refractivity contribution in [1.29, 1.82) is 0 Å². The molecule has 0 saturated carbocycles. The SMILES string of the molecule is CNS(=O)(=O)NCCCCCO. The summed E-state index contributed by atoms with van der Waals surface area (Å²) in [6.45, 7) is 0.585. The standard InChI is InChI=1S/C6H16N2O3S/c1-7-12(10,11)8-5-3-2-4-6-9/h7-9H,2-6H2,1H3. The molecule has 0 radical (unpaired) electrons. The van der Waals surface area contributed by atoms with Gasteiger partial charge < -0.3 is 5.11 Å². The quantitative estimate of drug-likeness (QED) is 0.467. The first kappa shape index (κ1) is 11.8. The Bertz CT molecular complexity index is 191. The van der Waals surface area contributed by atoms with Gasteiger partial charge in [0.2, 0.25) is 0 Å². The van der Waals surface area contributed by atoms with E-state index in [1.54, 1.807) is 0 Å². The van der Waals surface area contributed by atoms with Gasteiger partial charge in [-0.1, -0.05) is 0 Å². The van der Waals surface area contributed by atoms with E-state index in [4.69, 9.17) is 5.11 Å². The van der Waals surface area contributed by atoms with Gasteiger partial charge >= 0.3 is 0 Å². The van der Waals surface area contributed by atoms with Crippen molar-refractivity contribution < 1.29 is 13.5 Å². The molecule has 0 aliphatic rings. The zero-order valence-corrected chi connectivity index (χ0v) is 8.02. The summed E-state index contributed by atoms with van der Waals surface area (Å²) >= 11 is 0. The van der Waals surface area contributed by atoms with Crippen LogP contribution in [0.4, 0.5) is 0 Å². The molecule has 0 atom stereocenters. The van der Waals surface area contributed by atoms with Crippen LogP contribution in [0.25, 0.3) is 0 Å². The molecule has 0 aliphatic heterocycles. The van der Waals surface area contributed by atoms with Gasteiger partial charge in [0, 0.05) is 20.2 Å². The maximum atomic E-state index is 10.8. The molecule has 0 bridgehead atoms. The zero-order chi connectivity index (χ0) is 9.45. The summed E-state index contributed by atoms with van der Waals surface area (Å²) in [7, 11) is -1.91. The van der Waals surface area contributed by atoms with Gasteiger partial charge in [-0.25, -0.2) is 9.44 Å². The second-order valence-electron chi connectivity index (χ2n) is 2.39. The molecule has 6 heteroatoms. The summed E-state index contributed by atoms with van der Waals surface area (Å²) in [5, 5.41) is 8.42. The molecule has 0 unspecified atom stereocenters. The molecule has 3 N–H and O–H groups in total. The number of aliphatic hydroxyl groups is 1. The van der Waals surface area contributed by atoms with Crippen LogP contribution in [0.2, 0.25) is 0 Å². The minimum atomic E-state index is -3.27. The lowest BCUT2D eigenvalue weighted by Gasteiger charge is -2.03. The van der Waals surface area contributed by atoms with E-state index in [0.29, 0.717) is 6.54 Å². The number of unbranched alkanes of at least 4 members (excludes halogenated alkanes) is 2. The van der Waals surface area contributed by atoms with Crippen molar-refractivity contribution >= 4 is 10.2 Å². The first-order chi connectivity index (χ1) is 5.62. The van der Waals surface area contributed by atoms with Crippen LogP contribution < -0.4 is 9.44 Å². The summed E-state index contributed by atoms with van der Waals surface area (Å²) < 4.78 is 26.0. The molecule has 74 valence electrons. The number of rotatable bonds is 7. The Morgan fingerprint density at radius 3 is 2.42 bits per heavy atom. The lowest BCUT2D eigenvalue weighted by molar-refractivity contribution is 0.283. The lowest BCUT2D eigenvalue weighted by Crippen LogP contribution is -2.34. The van der Waals surface area contributed by atoms with E-state index in [9.17, 15) is 8.42 Å². The molecule has 0 aromatic heterocycles. The Kier molecular flexibility index (Phi) is 6.27. The number of hydrogen-bond acceptors (Lipinski definition) is 3. The van der Waals surface area contributed by atoms with Gasteiger partial charge in [-0.2, -0.15) is 8.42 Å². The van der Waals surface area contributed by atoms with Crippen molar-refractivity contribution in [2.24, 2.45) is 0 Å². The van der Waals surface area contributed by atoms with Gasteiger partial charge in [0.25, 0.3) is 10.2 Å². The van der Waals surface area contributed by atoms with E-state index >= 15 is 0 Å². The van der Waals surface area contributed by atoms with Crippen LogP contribution in [0.5, 0.6) is 0 Å². The molecule has 0 heterocycles. The van der Waals surface area contributed by atoms with Gasteiger partial charge in [-0.3, -0.25) is 0 Å². The highest BCUT2D eigenvalue weighted by Crippen LogP contribution is 1.92. The highest BCUT2D eigenvalue weighted by Gasteiger charge is 2.02. The molecule has 5 nitrogen and oxygen atoms in total. The van der Waals surface area contributed by atoms with E-state index in [1.807, 2.05) is 0 Å². The third-order valence-corrected chi connectivity index (χ3v) is 2.52. The van der Waals surface area contributed by atoms with Crippen LogP contribution in [-0.4, -0.2) is 33.7 Å². The monoisotopic (exact) mass is 196 g/mol. The second-order valence-corrected chi connectivity index (χ2v) is 4.09. The minimum Gasteiger partial charge on any atom is -0.396 e. The molecule has 0 saturated heterocycles. The zero-order valence-electron chi connectivity index (χ0n) is 7.21. The Balaban J connectivity index is 3.32. The smallest absolute Gasteiger partial charge is 0.276 e. The molecule has 0 aromatic rings. The summed E-state index contributed by atoms with van der Waals surface area (Å²) in [6.07, 6.45) is 2.31. The van der Waals surface area contributed by atoms with Crippen LogP contribution >= 0.6 is 0 Å². The van der Waals surface area contributed by atoms with Crippen LogP contribution in [0.1, 0.15) is 19.3 Å². The van der Waals surface area contributed by atoms with E-state index < -0.39 is 10.2 Å². The topological polar surface area (TPSA) is 78.4 Å². The third kappa shape index (κ3) is 6.53. The molecule has 0 amide bonds. The highest BCUT2D eigenvalue weighted by molar-refractivity contribution is 7.87. The number of hydrogen-bond donors (Lipinski definition) is 3. The van der Waals surface area contributed by atoms with E-state index in [-0.39, 0.29) is 6.61 Å². The Labute approximate surface area is 73.4 Å². The predicted molar refractivity (Wildman–Crippen MR) is 46.9 cm³/mol. The minimum absolute atomic E-state index is 0.165. The molecule has 0 aliphatic carbocycles. The van der Waals surface area contributed by atoms with Gasteiger partial charge in [-0.05, 0) is 19.3 Å². The van der Waals surface area contributed by atoms with Gasteiger partial charge in [0.15, 0.2) is 0 Å². The third-order valence-electron chi connectivity index (χ3n) is 1.40.